The number of aromatic amines is 1. The number of hydrogen-bond donors (Lipinski definition) is 2. The number of anilines is 3. The van der Waals surface area contributed by atoms with E-state index in [1.807, 2.05) is 20.0 Å². The number of carbonyl (C=O) groups excluding carboxylic acids is 1. The summed E-state index contributed by atoms with van der Waals surface area (Å²) in [5.74, 6) is 2.92. The normalized spacial score (nSPS) is 25.4. The van der Waals surface area contributed by atoms with Crippen LogP contribution in [-0.4, -0.2) is 56.1 Å². The topological polar surface area (TPSA) is 90.0 Å². The van der Waals surface area contributed by atoms with Crippen LogP contribution >= 0.6 is 11.6 Å². The van der Waals surface area contributed by atoms with E-state index < -0.39 is 0 Å². The number of halogens is 1. The fourth-order valence-electron chi connectivity index (χ4n) is 5.15. The zero-order valence-electron chi connectivity index (χ0n) is 18.1. The van der Waals surface area contributed by atoms with Gasteiger partial charge in [0.25, 0.3) is 0 Å². The van der Waals surface area contributed by atoms with E-state index in [2.05, 4.69) is 30.3 Å². The van der Waals surface area contributed by atoms with Crippen LogP contribution in [0.1, 0.15) is 57.1 Å². The molecule has 2 aromatic rings. The van der Waals surface area contributed by atoms with Crippen molar-refractivity contribution >= 4 is 35.1 Å². The molecule has 0 spiro atoms. The Balaban J connectivity index is 1.31. The average molecular weight is 444 g/mol. The molecule has 2 N–H and O–H groups in total. The Kier molecular flexibility index (Phi) is 5.50. The monoisotopic (exact) mass is 443 g/mol. The number of rotatable bonds is 6. The standard InChI is InChI=1S/C22H30ClN7O/c1-13-8-20(28-27-13)25-19-12-18(23)24-22(26-19)29(2)17-10-15-4-3-5-16(11-17)30(15)21(31)9-14-6-7-14/h8,12,14-17H,3-7,9-11H2,1-2H3,(H2,24,25,26,27,28)/t15-,16+,17-. The predicted molar refractivity (Wildman–Crippen MR) is 121 cm³/mol. The molecule has 0 radical (unpaired) electrons. The van der Waals surface area contributed by atoms with Crippen LogP contribution in [0.4, 0.5) is 17.6 Å². The number of nitrogens with one attached hydrogen (secondary N) is 2. The molecule has 2 saturated heterocycles. The summed E-state index contributed by atoms with van der Waals surface area (Å²) in [5, 5.41) is 10.7. The molecule has 5 rings (SSSR count). The molecule has 2 aromatic heterocycles. The van der Waals surface area contributed by atoms with Crippen molar-refractivity contribution in [2.75, 3.05) is 17.3 Å². The van der Waals surface area contributed by atoms with Gasteiger partial charge < -0.3 is 15.1 Å². The Hall–Kier alpha value is -2.35. The third kappa shape index (κ3) is 4.49. The summed E-state index contributed by atoms with van der Waals surface area (Å²) in [4.78, 5) is 26.5. The highest BCUT2D eigenvalue weighted by Crippen LogP contribution is 2.39. The van der Waals surface area contributed by atoms with Crippen LogP contribution in [0.2, 0.25) is 5.15 Å². The Bertz CT molecular complexity index is 945. The molecule has 3 aliphatic rings. The largest absolute Gasteiger partial charge is 0.341 e. The van der Waals surface area contributed by atoms with Gasteiger partial charge in [0, 0.05) is 49.4 Å². The fourth-order valence-corrected chi connectivity index (χ4v) is 5.33. The zero-order valence-corrected chi connectivity index (χ0v) is 18.9. The van der Waals surface area contributed by atoms with Crippen molar-refractivity contribution in [2.45, 2.75) is 76.4 Å². The highest BCUT2D eigenvalue weighted by molar-refractivity contribution is 6.29. The number of aromatic nitrogens is 4. The van der Waals surface area contributed by atoms with Gasteiger partial charge >= 0.3 is 0 Å². The third-order valence-corrected chi connectivity index (χ3v) is 7.10. The van der Waals surface area contributed by atoms with Crippen LogP contribution in [0.5, 0.6) is 0 Å². The van der Waals surface area contributed by atoms with Gasteiger partial charge in [0.15, 0.2) is 5.82 Å². The van der Waals surface area contributed by atoms with Gasteiger partial charge in [-0.15, -0.1) is 0 Å². The highest BCUT2D eigenvalue weighted by atomic mass is 35.5. The van der Waals surface area contributed by atoms with Crippen LogP contribution in [0.15, 0.2) is 12.1 Å². The average Bonchev–Trinajstić information content (AvgIpc) is 3.45. The van der Waals surface area contributed by atoms with E-state index in [0.29, 0.717) is 52.7 Å². The molecule has 2 aliphatic heterocycles. The van der Waals surface area contributed by atoms with Gasteiger partial charge in [-0.2, -0.15) is 10.1 Å². The molecule has 3 atom stereocenters. The maximum absolute atomic E-state index is 12.9. The summed E-state index contributed by atoms with van der Waals surface area (Å²) in [6.45, 7) is 1.95. The molecular formula is C22H30ClN7O. The summed E-state index contributed by atoms with van der Waals surface area (Å²) >= 11 is 6.32. The molecule has 31 heavy (non-hydrogen) atoms. The molecule has 0 aromatic carbocycles. The van der Waals surface area contributed by atoms with Gasteiger partial charge in [0.2, 0.25) is 11.9 Å². The van der Waals surface area contributed by atoms with Gasteiger partial charge in [-0.3, -0.25) is 9.89 Å². The maximum atomic E-state index is 12.9. The minimum Gasteiger partial charge on any atom is -0.341 e. The van der Waals surface area contributed by atoms with E-state index in [-0.39, 0.29) is 0 Å². The van der Waals surface area contributed by atoms with Crippen LogP contribution in [0, 0.1) is 12.8 Å². The Morgan fingerprint density at radius 2 is 1.94 bits per heavy atom. The van der Waals surface area contributed by atoms with Gasteiger partial charge in [-0.05, 0) is 57.8 Å². The van der Waals surface area contributed by atoms with E-state index in [0.717, 1.165) is 37.8 Å². The van der Waals surface area contributed by atoms with E-state index >= 15 is 0 Å². The molecule has 1 saturated carbocycles. The second-order valence-corrected chi connectivity index (χ2v) is 9.75. The molecular weight excluding hydrogens is 414 g/mol. The quantitative estimate of drug-likeness (QED) is 0.654. The van der Waals surface area contributed by atoms with Crippen LogP contribution in [0.25, 0.3) is 0 Å². The number of H-pyrrole nitrogens is 1. The number of carbonyl (C=O) groups is 1. The van der Waals surface area contributed by atoms with E-state index in [4.69, 9.17) is 16.6 Å². The van der Waals surface area contributed by atoms with E-state index in [9.17, 15) is 4.79 Å². The zero-order chi connectivity index (χ0) is 21.5. The van der Waals surface area contributed by atoms with Crippen molar-refractivity contribution in [3.8, 4) is 0 Å². The Morgan fingerprint density at radius 1 is 1.19 bits per heavy atom. The summed E-state index contributed by atoms with van der Waals surface area (Å²) < 4.78 is 0. The van der Waals surface area contributed by atoms with E-state index in [1.165, 1.54) is 19.3 Å². The summed E-state index contributed by atoms with van der Waals surface area (Å²) in [7, 11) is 2.04. The first kappa shape index (κ1) is 20.5. The molecule has 8 nitrogen and oxygen atoms in total. The first-order chi connectivity index (χ1) is 15.0. The van der Waals surface area contributed by atoms with E-state index in [1.54, 1.807) is 6.07 Å². The molecule has 1 amide bonds. The van der Waals surface area contributed by atoms with Gasteiger partial charge in [-0.25, -0.2) is 4.98 Å². The first-order valence-corrected chi connectivity index (χ1v) is 11.7. The lowest BCUT2D eigenvalue weighted by Gasteiger charge is -2.50. The van der Waals surface area contributed by atoms with Crippen molar-refractivity contribution < 1.29 is 4.79 Å². The minimum absolute atomic E-state index is 0.291. The number of amides is 1. The lowest BCUT2D eigenvalue weighted by Crippen LogP contribution is -2.58. The second kappa shape index (κ2) is 8.30. The van der Waals surface area contributed by atoms with Crippen molar-refractivity contribution in [1.82, 2.24) is 25.1 Å². The van der Waals surface area contributed by atoms with Crippen molar-refractivity contribution in [3.05, 3.63) is 23.0 Å². The third-order valence-electron chi connectivity index (χ3n) is 6.91. The number of piperidine rings is 2. The summed E-state index contributed by atoms with van der Waals surface area (Å²) in [6, 6.07) is 4.57. The molecule has 166 valence electrons. The van der Waals surface area contributed by atoms with Crippen LogP contribution < -0.4 is 10.2 Å². The number of fused-ring (bicyclic) bond motifs is 2. The van der Waals surface area contributed by atoms with Crippen molar-refractivity contribution in [3.63, 3.8) is 0 Å². The van der Waals surface area contributed by atoms with Crippen molar-refractivity contribution in [1.29, 1.82) is 0 Å². The second-order valence-electron chi connectivity index (χ2n) is 9.36. The number of nitrogens with zero attached hydrogens (tertiary/aromatic N) is 5. The summed E-state index contributed by atoms with van der Waals surface area (Å²) in [6.07, 6.45) is 8.51. The Labute approximate surface area is 187 Å². The SMILES string of the molecule is Cc1cc(Nc2cc(Cl)nc(N(C)[C@@H]3C[C@H]4CCC[C@@H](C3)N4C(=O)CC3CC3)n2)n[nH]1. The first-order valence-electron chi connectivity index (χ1n) is 11.3. The van der Waals surface area contributed by atoms with Crippen molar-refractivity contribution in [2.24, 2.45) is 5.92 Å². The van der Waals surface area contributed by atoms with Crippen LogP contribution in [-0.2, 0) is 4.79 Å². The Morgan fingerprint density at radius 3 is 2.58 bits per heavy atom. The van der Waals surface area contributed by atoms with Gasteiger partial charge in [-0.1, -0.05) is 11.6 Å². The fraction of sp³-hybridized carbons (Fsp3) is 0.636. The maximum Gasteiger partial charge on any atom is 0.228 e. The molecule has 4 heterocycles. The molecule has 2 bridgehead atoms. The molecule has 1 aliphatic carbocycles. The smallest absolute Gasteiger partial charge is 0.228 e. The summed E-state index contributed by atoms with van der Waals surface area (Å²) in [5.41, 5.74) is 0.967. The van der Waals surface area contributed by atoms with Gasteiger partial charge in [0.05, 0.1) is 0 Å². The van der Waals surface area contributed by atoms with Crippen LogP contribution in [0.3, 0.4) is 0 Å². The lowest BCUT2D eigenvalue weighted by atomic mass is 9.81. The molecule has 3 fully saturated rings. The molecule has 9 heteroatoms. The lowest BCUT2D eigenvalue weighted by molar-refractivity contribution is -0.141. The number of hydrogen-bond acceptors (Lipinski definition) is 6. The minimum atomic E-state index is 0.291. The predicted octanol–water partition coefficient (Wildman–Crippen LogP) is 4.05. The number of aryl methyl sites for hydroxylation is 1. The highest BCUT2D eigenvalue weighted by Gasteiger charge is 2.43. The molecule has 0 unspecified atom stereocenters. The van der Waals surface area contributed by atoms with Gasteiger partial charge in [0.1, 0.15) is 11.0 Å².